The molecule has 2 unspecified atom stereocenters. The van der Waals surface area contributed by atoms with Crippen molar-refractivity contribution in [1.29, 1.82) is 0 Å². The van der Waals surface area contributed by atoms with Gasteiger partial charge in [0.2, 0.25) is 17.7 Å². The lowest BCUT2D eigenvalue weighted by atomic mass is 9.44. The second-order valence-electron chi connectivity index (χ2n) is 17.8. The summed E-state index contributed by atoms with van der Waals surface area (Å²) in [6, 6.07) is 0.169. The van der Waals surface area contributed by atoms with Crippen LogP contribution in [-0.4, -0.2) is 104 Å². The molecule has 0 bridgehead atoms. The Morgan fingerprint density at radius 2 is 1.62 bits per heavy atom. The highest BCUT2D eigenvalue weighted by atomic mass is 16.7. The number of likely N-dealkylation sites (N-methyl/N-ethyl adjacent to an activating group) is 1. The van der Waals surface area contributed by atoms with Crippen LogP contribution in [0.1, 0.15) is 98.3 Å². The number of nitrogens with zero attached hydrogens (tertiary/aromatic N) is 3. The molecule has 9 heteroatoms. The van der Waals surface area contributed by atoms with Crippen molar-refractivity contribution in [1.82, 2.24) is 20.0 Å². The maximum absolute atomic E-state index is 13.1. The van der Waals surface area contributed by atoms with Gasteiger partial charge in [0.15, 0.2) is 5.79 Å². The van der Waals surface area contributed by atoms with E-state index in [1.54, 1.807) is 23.9 Å². The molecule has 4 saturated carbocycles. The van der Waals surface area contributed by atoms with Crippen LogP contribution in [0.25, 0.3) is 0 Å². The predicted molar refractivity (Wildman–Crippen MR) is 180 cm³/mol. The Bertz CT molecular complexity index is 1210. The standard InChI is InChI=1S/C38H62N4O5/c1-24-9-14-38(46-23-24)25(2)35-31(47-38)20-30-28-8-7-26-19-27(10-12-36(26,3)29(28)11-13-37(30,35)4)39-32(43)21-33(44)42-17-15-41(16-18-42)22-34(45)40(5)6/h24-31,35H,7-23H2,1-6H3,(H,39,43)/t24-,25+,26-,27?,28-,29?,30+,31+,35+,36+,37+,38-/m1/s1. The van der Waals surface area contributed by atoms with Crippen molar-refractivity contribution < 1.29 is 23.9 Å². The van der Waals surface area contributed by atoms with Crippen molar-refractivity contribution in [2.24, 2.45) is 52.3 Å². The number of hydrogen-bond acceptors (Lipinski definition) is 6. The molecule has 0 radical (unpaired) electrons. The Balaban J connectivity index is 0.913. The molecular formula is C38H62N4O5. The van der Waals surface area contributed by atoms with E-state index in [9.17, 15) is 14.4 Å². The number of fused-ring (bicyclic) bond motifs is 7. The Morgan fingerprint density at radius 3 is 2.32 bits per heavy atom. The van der Waals surface area contributed by atoms with E-state index >= 15 is 0 Å². The summed E-state index contributed by atoms with van der Waals surface area (Å²) in [6.45, 7) is 13.6. The number of amides is 3. The van der Waals surface area contributed by atoms with Crippen molar-refractivity contribution in [3.63, 3.8) is 0 Å². The van der Waals surface area contributed by atoms with Gasteiger partial charge in [0.05, 0.1) is 19.3 Å². The van der Waals surface area contributed by atoms with E-state index in [0.29, 0.717) is 73.3 Å². The maximum atomic E-state index is 13.1. The molecule has 264 valence electrons. The van der Waals surface area contributed by atoms with Crippen LogP contribution in [0.15, 0.2) is 0 Å². The topological polar surface area (TPSA) is 91.4 Å². The van der Waals surface area contributed by atoms with Gasteiger partial charge in [-0.2, -0.15) is 0 Å². The minimum absolute atomic E-state index is 0.0749. The number of ether oxygens (including phenoxy) is 2. The molecule has 0 aromatic heterocycles. The van der Waals surface area contributed by atoms with Crippen molar-refractivity contribution in [2.75, 3.05) is 53.4 Å². The third kappa shape index (κ3) is 5.86. The van der Waals surface area contributed by atoms with E-state index in [2.05, 4.69) is 37.9 Å². The van der Waals surface area contributed by atoms with Gasteiger partial charge in [-0.25, -0.2) is 0 Å². The van der Waals surface area contributed by atoms with Crippen LogP contribution < -0.4 is 5.32 Å². The Hall–Kier alpha value is -1.71. The van der Waals surface area contributed by atoms with Gasteiger partial charge in [-0.05, 0) is 104 Å². The number of rotatable bonds is 5. The lowest BCUT2D eigenvalue weighted by Gasteiger charge is -2.61. The Kier molecular flexibility index (Phi) is 9.03. The first-order valence-corrected chi connectivity index (χ1v) is 19.1. The minimum Gasteiger partial charge on any atom is -0.353 e. The second kappa shape index (κ2) is 12.6. The molecule has 0 aromatic rings. The average molecular weight is 655 g/mol. The first-order chi connectivity index (χ1) is 22.3. The summed E-state index contributed by atoms with van der Waals surface area (Å²) in [5, 5.41) is 3.29. The lowest BCUT2D eigenvalue weighted by Crippen LogP contribution is -2.56. The first kappa shape index (κ1) is 33.8. The zero-order chi connectivity index (χ0) is 33.3. The van der Waals surface area contributed by atoms with E-state index in [0.717, 1.165) is 43.6 Å². The van der Waals surface area contributed by atoms with Gasteiger partial charge in [0.1, 0.15) is 6.42 Å². The van der Waals surface area contributed by atoms with Crippen LogP contribution in [0.4, 0.5) is 0 Å². The van der Waals surface area contributed by atoms with Crippen LogP contribution in [0.2, 0.25) is 0 Å². The zero-order valence-electron chi connectivity index (χ0n) is 30.1. The van der Waals surface area contributed by atoms with Gasteiger partial charge in [-0.15, -0.1) is 0 Å². The SMILES string of the molecule is C[C@@H]1CC[C@@]2(OC1)O[C@H]1C[C@H]3[C@@H]4CC[C@@H]5CC(NC(=O)CC(=O)N6CCN(CC(=O)N(C)C)CC6)CC[C@]5(C)C4CC[C@]3(C)[C@H]1[C@@H]2C. The van der Waals surface area contributed by atoms with E-state index < -0.39 is 0 Å². The molecule has 9 nitrogen and oxygen atoms in total. The molecular weight excluding hydrogens is 592 g/mol. The molecule has 0 aromatic carbocycles. The lowest BCUT2D eigenvalue weighted by molar-refractivity contribution is -0.273. The molecule has 3 heterocycles. The number of nitrogens with one attached hydrogen (secondary N) is 1. The molecule has 7 aliphatic rings. The monoisotopic (exact) mass is 654 g/mol. The Morgan fingerprint density at radius 1 is 0.872 bits per heavy atom. The van der Waals surface area contributed by atoms with Gasteiger partial charge >= 0.3 is 0 Å². The van der Waals surface area contributed by atoms with Crippen LogP contribution >= 0.6 is 0 Å². The maximum Gasteiger partial charge on any atom is 0.236 e. The van der Waals surface area contributed by atoms with Gasteiger partial charge in [-0.3, -0.25) is 19.3 Å². The van der Waals surface area contributed by atoms with Crippen molar-refractivity contribution in [3.05, 3.63) is 0 Å². The normalized spacial score (nSPS) is 46.3. The Labute approximate surface area is 283 Å². The van der Waals surface area contributed by atoms with Gasteiger partial charge in [-0.1, -0.05) is 27.7 Å². The summed E-state index contributed by atoms with van der Waals surface area (Å²) in [5.74, 6) is 4.15. The first-order valence-electron chi connectivity index (χ1n) is 19.1. The molecule has 12 atom stereocenters. The fourth-order valence-corrected chi connectivity index (χ4v) is 12.4. The van der Waals surface area contributed by atoms with Gasteiger partial charge < -0.3 is 24.6 Å². The minimum atomic E-state index is -0.341. The second-order valence-corrected chi connectivity index (χ2v) is 17.8. The number of hydrogen-bond donors (Lipinski definition) is 1. The summed E-state index contributed by atoms with van der Waals surface area (Å²) >= 11 is 0. The van der Waals surface area contributed by atoms with Crippen LogP contribution in [0, 0.1) is 52.3 Å². The molecule has 7 fully saturated rings. The highest BCUT2D eigenvalue weighted by Crippen LogP contribution is 2.71. The van der Waals surface area contributed by atoms with Gasteiger partial charge in [0, 0.05) is 58.7 Å². The van der Waals surface area contributed by atoms with E-state index in [1.807, 2.05) is 0 Å². The summed E-state index contributed by atoms with van der Waals surface area (Å²) < 4.78 is 13.5. The van der Waals surface area contributed by atoms with Crippen molar-refractivity contribution >= 4 is 17.7 Å². The number of piperazine rings is 1. The molecule has 4 aliphatic carbocycles. The molecule has 1 spiro atoms. The zero-order valence-corrected chi connectivity index (χ0v) is 30.1. The van der Waals surface area contributed by atoms with Crippen LogP contribution in [-0.2, 0) is 23.9 Å². The van der Waals surface area contributed by atoms with Crippen molar-refractivity contribution in [2.45, 2.75) is 116 Å². The summed E-state index contributed by atoms with van der Waals surface area (Å²) in [5.41, 5.74) is 0.682. The summed E-state index contributed by atoms with van der Waals surface area (Å²) in [6.07, 6.45) is 12.2. The summed E-state index contributed by atoms with van der Waals surface area (Å²) in [7, 11) is 3.53. The quantitative estimate of drug-likeness (QED) is 0.438. The van der Waals surface area contributed by atoms with Gasteiger partial charge in [0.25, 0.3) is 0 Å². The molecule has 1 N–H and O–H groups in total. The summed E-state index contributed by atoms with van der Waals surface area (Å²) in [4.78, 5) is 43.6. The molecule has 47 heavy (non-hydrogen) atoms. The predicted octanol–water partition coefficient (Wildman–Crippen LogP) is 4.54. The largest absolute Gasteiger partial charge is 0.353 e. The smallest absolute Gasteiger partial charge is 0.236 e. The molecule has 3 amide bonds. The third-order valence-corrected chi connectivity index (χ3v) is 15.2. The molecule has 7 rings (SSSR count). The van der Waals surface area contributed by atoms with E-state index in [4.69, 9.17) is 9.47 Å². The number of carbonyl (C=O) groups excluding carboxylic acids is 3. The highest BCUT2D eigenvalue weighted by molar-refractivity contribution is 5.97. The number of carbonyl (C=O) groups is 3. The highest BCUT2D eigenvalue weighted by Gasteiger charge is 2.69. The van der Waals surface area contributed by atoms with Crippen molar-refractivity contribution in [3.8, 4) is 0 Å². The molecule has 3 saturated heterocycles. The molecule has 3 aliphatic heterocycles. The van der Waals surface area contributed by atoms with Crippen LogP contribution in [0.3, 0.4) is 0 Å². The fourth-order valence-electron chi connectivity index (χ4n) is 12.4. The van der Waals surface area contributed by atoms with E-state index in [-0.39, 0.29) is 36.0 Å². The van der Waals surface area contributed by atoms with Crippen LogP contribution in [0.5, 0.6) is 0 Å². The van der Waals surface area contributed by atoms with E-state index in [1.165, 1.54) is 44.9 Å². The average Bonchev–Trinajstić information content (AvgIpc) is 3.48. The fraction of sp³-hybridized carbons (Fsp3) is 0.921. The third-order valence-electron chi connectivity index (χ3n) is 15.2.